The summed E-state index contributed by atoms with van der Waals surface area (Å²) in [4.78, 5) is 0. The van der Waals surface area contributed by atoms with Crippen molar-refractivity contribution in [2.45, 2.75) is 39.3 Å². The number of hydrogen-bond donors (Lipinski definition) is 3. The lowest BCUT2D eigenvalue weighted by molar-refractivity contribution is 0.140. The molecule has 2 atom stereocenters. The molecule has 0 heterocycles. The standard InChI is InChI=1S/C12H19NO2.ClH/c1-4-10(14)11(13)9-5-7(2)12(15)8(3)6-9;/h5-6,10-11,14-15H,4,13H2,1-3H3;1H/t10-,11+;/m0./s1. The van der Waals surface area contributed by atoms with E-state index in [1.54, 1.807) is 0 Å². The van der Waals surface area contributed by atoms with Gasteiger partial charge in [-0.05, 0) is 37.0 Å². The van der Waals surface area contributed by atoms with E-state index in [1.165, 1.54) is 0 Å². The van der Waals surface area contributed by atoms with E-state index in [2.05, 4.69) is 0 Å². The zero-order valence-electron chi connectivity index (χ0n) is 9.90. The average molecular weight is 246 g/mol. The predicted octanol–water partition coefficient (Wildman–Crippen LogP) is 2.20. The summed E-state index contributed by atoms with van der Waals surface area (Å²) in [5.41, 5.74) is 8.37. The Hall–Kier alpha value is -0.770. The molecule has 0 radical (unpaired) electrons. The number of aryl methyl sites for hydroxylation is 2. The molecule has 3 nitrogen and oxygen atoms in total. The summed E-state index contributed by atoms with van der Waals surface area (Å²) in [5, 5.41) is 19.2. The molecule has 0 saturated heterocycles. The van der Waals surface area contributed by atoms with Gasteiger partial charge in [0.05, 0.1) is 12.1 Å². The third-order valence-corrected chi connectivity index (χ3v) is 2.73. The number of halogens is 1. The van der Waals surface area contributed by atoms with Crippen molar-refractivity contribution in [2.24, 2.45) is 5.73 Å². The highest BCUT2D eigenvalue weighted by Gasteiger charge is 2.16. The van der Waals surface area contributed by atoms with Crippen molar-refractivity contribution in [1.29, 1.82) is 0 Å². The first-order chi connectivity index (χ1) is 6.97. The molecule has 0 unspecified atom stereocenters. The molecule has 4 heteroatoms. The Bertz CT molecular complexity index is 332. The molecule has 1 aromatic carbocycles. The molecule has 0 bridgehead atoms. The quantitative estimate of drug-likeness (QED) is 0.765. The smallest absolute Gasteiger partial charge is 0.121 e. The van der Waals surface area contributed by atoms with Crippen LogP contribution in [0.15, 0.2) is 12.1 Å². The van der Waals surface area contributed by atoms with E-state index < -0.39 is 6.10 Å². The first-order valence-corrected chi connectivity index (χ1v) is 5.21. The van der Waals surface area contributed by atoms with Gasteiger partial charge in [-0.25, -0.2) is 0 Å². The number of nitrogens with two attached hydrogens (primary N) is 1. The Kier molecular flexibility index (Phi) is 5.79. The molecule has 16 heavy (non-hydrogen) atoms. The van der Waals surface area contributed by atoms with Gasteiger partial charge in [-0.1, -0.05) is 19.1 Å². The monoisotopic (exact) mass is 245 g/mol. The predicted molar refractivity (Wildman–Crippen MR) is 68.1 cm³/mol. The number of aliphatic hydroxyl groups excluding tert-OH is 1. The van der Waals surface area contributed by atoms with Gasteiger partial charge in [-0.3, -0.25) is 0 Å². The van der Waals surface area contributed by atoms with Gasteiger partial charge in [0.25, 0.3) is 0 Å². The minimum Gasteiger partial charge on any atom is -0.507 e. The molecular formula is C12H20ClNO2. The Labute approximate surface area is 103 Å². The third-order valence-electron chi connectivity index (χ3n) is 2.73. The van der Waals surface area contributed by atoms with Crippen LogP contribution in [0.5, 0.6) is 5.75 Å². The highest BCUT2D eigenvalue weighted by Crippen LogP contribution is 2.26. The molecule has 0 amide bonds. The molecule has 1 rings (SSSR count). The van der Waals surface area contributed by atoms with Crippen molar-refractivity contribution in [3.05, 3.63) is 28.8 Å². The first-order valence-electron chi connectivity index (χ1n) is 5.21. The number of phenols is 1. The second-order valence-electron chi connectivity index (χ2n) is 4.00. The molecular weight excluding hydrogens is 226 g/mol. The topological polar surface area (TPSA) is 66.5 Å². The van der Waals surface area contributed by atoms with Crippen LogP contribution in [0.3, 0.4) is 0 Å². The minimum atomic E-state index is -0.534. The van der Waals surface area contributed by atoms with Crippen LogP contribution in [-0.2, 0) is 0 Å². The Morgan fingerprint density at radius 3 is 2.06 bits per heavy atom. The largest absolute Gasteiger partial charge is 0.507 e. The van der Waals surface area contributed by atoms with Crippen LogP contribution in [0, 0.1) is 13.8 Å². The Morgan fingerprint density at radius 1 is 1.25 bits per heavy atom. The maximum Gasteiger partial charge on any atom is 0.121 e. The first kappa shape index (κ1) is 15.2. The second kappa shape index (κ2) is 6.09. The van der Waals surface area contributed by atoms with Crippen LogP contribution in [0.1, 0.15) is 36.1 Å². The van der Waals surface area contributed by atoms with Gasteiger partial charge in [0.1, 0.15) is 5.75 Å². The van der Waals surface area contributed by atoms with Crippen molar-refractivity contribution in [1.82, 2.24) is 0 Å². The molecule has 0 saturated carbocycles. The number of benzene rings is 1. The van der Waals surface area contributed by atoms with E-state index in [4.69, 9.17) is 5.73 Å². The fourth-order valence-electron chi connectivity index (χ4n) is 1.66. The molecule has 0 spiro atoms. The fraction of sp³-hybridized carbons (Fsp3) is 0.500. The lowest BCUT2D eigenvalue weighted by Gasteiger charge is -2.19. The summed E-state index contributed by atoms with van der Waals surface area (Å²) in [6.45, 7) is 5.55. The van der Waals surface area contributed by atoms with Gasteiger partial charge < -0.3 is 15.9 Å². The SMILES string of the molecule is CC[C@H](O)[C@H](N)c1cc(C)c(O)c(C)c1.Cl. The van der Waals surface area contributed by atoms with Crippen molar-refractivity contribution >= 4 is 12.4 Å². The van der Waals surface area contributed by atoms with Crippen LogP contribution in [0.4, 0.5) is 0 Å². The summed E-state index contributed by atoms with van der Waals surface area (Å²) < 4.78 is 0. The molecule has 92 valence electrons. The van der Waals surface area contributed by atoms with E-state index in [0.29, 0.717) is 12.2 Å². The second-order valence-corrected chi connectivity index (χ2v) is 4.00. The molecule has 0 fully saturated rings. The van der Waals surface area contributed by atoms with Crippen molar-refractivity contribution in [3.63, 3.8) is 0 Å². The molecule has 0 aliphatic carbocycles. The summed E-state index contributed by atoms with van der Waals surface area (Å²) in [7, 11) is 0. The van der Waals surface area contributed by atoms with Gasteiger partial charge in [0.2, 0.25) is 0 Å². The highest BCUT2D eigenvalue weighted by molar-refractivity contribution is 5.85. The van der Waals surface area contributed by atoms with E-state index in [1.807, 2.05) is 32.9 Å². The maximum atomic E-state index is 9.64. The minimum absolute atomic E-state index is 0. The van der Waals surface area contributed by atoms with E-state index >= 15 is 0 Å². The van der Waals surface area contributed by atoms with Crippen molar-refractivity contribution in [3.8, 4) is 5.75 Å². The fourth-order valence-corrected chi connectivity index (χ4v) is 1.66. The van der Waals surface area contributed by atoms with E-state index in [9.17, 15) is 10.2 Å². The van der Waals surface area contributed by atoms with Gasteiger partial charge in [-0.2, -0.15) is 0 Å². The van der Waals surface area contributed by atoms with E-state index in [0.717, 1.165) is 16.7 Å². The zero-order valence-corrected chi connectivity index (χ0v) is 10.7. The van der Waals surface area contributed by atoms with Crippen LogP contribution in [0.25, 0.3) is 0 Å². The highest BCUT2D eigenvalue weighted by atomic mass is 35.5. The van der Waals surface area contributed by atoms with Crippen LogP contribution >= 0.6 is 12.4 Å². The van der Waals surface area contributed by atoms with Crippen LogP contribution < -0.4 is 5.73 Å². The average Bonchev–Trinajstić information content (AvgIpc) is 2.23. The Balaban J connectivity index is 0.00000225. The Morgan fingerprint density at radius 2 is 1.69 bits per heavy atom. The van der Waals surface area contributed by atoms with Gasteiger partial charge in [-0.15, -0.1) is 12.4 Å². The zero-order chi connectivity index (χ0) is 11.6. The molecule has 0 aromatic heterocycles. The molecule has 0 aliphatic heterocycles. The lowest BCUT2D eigenvalue weighted by atomic mass is 9.96. The number of aromatic hydroxyl groups is 1. The van der Waals surface area contributed by atoms with Gasteiger partial charge in [0.15, 0.2) is 0 Å². The molecule has 4 N–H and O–H groups in total. The summed E-state index contributed by atoms with van der Waals surface area (Å²) in [5.74, 6) is 0.303. The number of hydrogen-bond acceptors (Lipinski definition) is 3. The van der Waals surface area contributed by atoms with E-state index in [-0.39, 0.29) is 18.4 Å². The molecule has 0 aliphatic rings. The third kappa shape index (κ3) is 3.11. The number of rotatable bonds is 3. The number of aliphatic hydroxyl groups is 1. The van der Waals surface area contributed by atoms with Crippen LogP contribution in [-0.4, -0.2) is 16.3 Å². The van der Waals surface area contributed by atoms with Crippen molar-refractivity contribution < 1.29 is 10.2 Å². The normalized spacial score (nSPS) is 14.1. The summed E-state index contributed by atoms with van der Waals surface area (Å²) in [6.07, 6.45) is 0.0912. The lowest BCUT2D eigenvalue weighted by Crippen LogP contribution is -2.25. The summed E-state index contributed by atoms with van der Waals surface area (Å²) in [6, 6.07) is 3.27. The number of phenolic OH excluding ortho intramolecular Hbond substituents is 1. The van der Waals surface area contributed by atoms with Gasteiger partial charge in [0, 0.05) is 0 Å². The van der Waals surface area contributed by atoms with Crippen LogP contribution in [0.2, 0.25) is 0 Å². The van der Waals surface area contributed by atoms with Gasteiger partial charge >= 0.3 is 0 Å². The maximum absolute atomic E-state index is 9.64. The molecule has 1 aromatic rings. The summed E-state index contributed by atoms with van der Waals surface area (Å²) >= 11 is 0. The van der Waals surface area contributed by atoms with Crippen molar-refractivity contribution in [2.75, 3.05) is 0 Å².